The first-order valence-electron chi connectivity index (χ1n) is 7.89. The van der Waals surface area contributed by atoms with E-state index < -0.39 is 0 Å². The summed E-state index contributed by atoms with van der Waals surface area (Å²) in [4.78, 5) is 12.4. The topological polar surface area (TPSA) is 61.4 Å². The smallest absolute Gasteiger partial charge is 0.224 e. The molecular formula is C17H24N2O2. The zero-order valence-electron chi connectivity index (χ0n) is 12.3. The third kappa shape index (κ3) is 3.27. The summed E-state index contributed by atoms with van der Waals surface area (Å²) in [7, 11) is 0. The molecule has 0 radical (unpaired) electrons. The molecule has 1 spiro atoms. The number of amides is 1. The van der Waals surface area contributed by atoms with Gasteiger partial charge in [-0.25, -0.2) is 0 Å². The highest BCUT2D eigenvalue weighted by molar-refractivity contribution is 5.83. The molecule has 1 saturated heterocycles. The fraction of sp³-hybridized carbons (Fsp3) is 0.588. The van der Waals surface area contributed by atoms with E-state index in [1.165, 1.54) is 0 Å². The van der Waals surface area contributed by atoms with Crippen LogP contribution in [0.3, 0.4) is 0 Å². The van der Waals surface area contributed by atoms with Gasteiger partial charge in [0.2, 0.25) is 5.91 Å². The van der Waals surface area contributed by atoms with E-state index in [0.717, 1.165) is 37.9 Å². The Morgan fingerprint density at radius 3 is 2.71 bits per heavy atom. The molecule has 1 unspecified atom stereocenters. The zero-order chi connectivity index (χ0) is 14.7. The van der Waals surface area contributed by atoms with Gasteiger partial charge in [0, 0.05) is 5.92 Å². The fourth-order valence-electron chi connectivity index (χ4n) is 3.56. The van der Waals surface area contributed by atoms with Crippen molar-refractivity contribution in [1.29, 1.82) is 0 Å². The summed E-state index contributed by atoms with van der Waals surface area (Å²) in [6.07, 6.45) is 3.91. The van der Waals surface area contributed by atoms with Crippen LogP contribution in [0.4, 0.5) is 0 Å². The normalized spacial score (nSPS) is 24.5. The van der Waals surface area contributed by atoms with Gasteiger partial charge in [-0.1, -0.05) is 30.3 Å². The van der Waals surface area contributed by atoms with Crippen molar-refractivity contribution in [3.05, 3.63) is 35.9 Å². The van der Waals surface area contributed by atoms with Crippen LogP contribution in [0.25, 0.3) is 0 Å². The maximum absolute atomic E-state index is 12.4. The average Bonchev–Trinajstić information content (AvgIpc) is 3.21. The number of piperidine rings is 1. The second kappa shape index (κ2) is 6.16. The maximum Gasteiger partial charge on any atom is 0.224 e. The van der Waals surface area contributed by atoms with E-state index in [0.29, 0.717) is 6.42 Å². The molecule has 3 N–H and O–H groups in total. The summed E-state index contributed by atoms with van der Waals surface area (Å²) in [6.45, 7) is 2.04. The highest BCUT2D eigenvalue weighted by atomic mass is 16.3. The minimum absolute atomic E-state index is 0.0120. The van der Waals surface area contributed by atoms with Crippen molar-refractivity contribution in [2.24, 2.45) is 11.3 Å². The predicted molar refractivity (Wildman–Crippen MR) is 81.8 cm³/mol. The molecule has 1 aromatic rings. The summed E-state index contributed by atoms with van der Waals surface area (Å²) < 4.78 is 0. The lowest BCUT2D eigenvalue weighted by molar-refractivity contribution is -0.124. The highest BCUT2D eigenvalue weighted by Crippen LogP contribution is 2.58. The zero-order valence-corrected chi connectivity index (χ0v) is 12.3. The molecule has 1 amide bonds. The van der Waals surface area contributed by atoms with Gasteiger partial charge < -0.3 is 15.7 Å². The van der Waals surface area contributed by atoms with Gasteiger partial charge in [-0.2, -0.15) is 0 Å². The Morgan fingerprint density at radius 2 is 2.05 bits per heavy atom. The SMILES string of the molecule is O=C(N[C@@H](CO)Cc1ccccc1)C1CC12CCNCC2. The lowest BCUT2D eigenvalue weighted by Gasteiger charge is -2.24. The molecule has 114 valence electrons. The van der Waals surface area contributed by atoms with Crippen LogP contribution in [-0.4, -0.2) is 36.8 Å². The van der Waals surface area contributed by atoms with Crippen molar-refractivity contribution in [2.75, 3.05) is 19.7 Å². The van der Waals surface area contributed by atoms with Crippen LogP contribution in [0.2, 0.25) is 0 Å². The van der Waals surface area contributed by atoms with Gasteiger partial charge in [-0.15, -0.1) is 0 Å². The molecule has 1 aliphatic heterocycles. The maximum atomic E-state index is 12.4. The third-order valence-corrected chi connectivity index (χ3v) is 5.00. The first-order valence-corrected chi connectivity index (χ1v) is 7.89. The third-order valence-electron chi connectivity index (χ3n) is 5.00. The summed E-state index contributed by atoms with van der Waals surface area (Å²) in [5.41, 5.74) is 1.39. The Morgan fingerprint density at radius 1 is 1.33 bits per heavy atom. The van der Waals surface area contributed by atoms with Gasteiger partial charge >= 0.3 is 0 Å². The Kier molecular flexibility index (Phi) is 4.27. The number of hydrogen-bond acceptors (Lipinski definition) is 3. The second-order valence-electron chi connectivity index (χ2n) is 6.45. The minimum atomic E-state index is -0.181. The largest absolute Gasteiger partial charge is 0.394 e. The van der Waals surface area contributed by atoms with Crippen LogP contribution >= 0.6 is 0 Å². The van der Waals surface area contributed by atoms with Crippen molar-refractivity contribution in [3.63, 3.8) is 0 Å². The highest BCUT2D eigenvalue weighted by Gasteiger charge is 2.57. The molecule has 3 rings (SSSR count). The van der Waals surface area contributed by atoms with Crippen LogP contribution in [0, 0.1) is 11.3 Å². The van der Waals surface area contributed by atoms with Crippen LogP contribution in [0.15, 0.2) is 30.3 Å². The van der Waals surface area contributed by atoms with Crippen LogP contribution in [0.5, 0.6) is 0 Å². The van der Waals surface area contributed by atoms with Gasteiger partial charge in [0.25, 0.3) is 0 Å². The fourth-order valence-corrected chi connectivity index (χ4v) is 3.56. The van der Waals surface area contributed by atoms with E-state index >= 15 is 0 Å². The monoisotopic (exact) mass is 288 g/mol. The van der Waals surface area contributed by atoms with E-state index in [1.54, 1.807) is 0 Å². The Balaban J connectivity index is 1.54. The van der Waals surface area contributed by atoms with E-state index in [9.17, 15) is 9.90 Å². The number of nitrogens with one attached hydrogen (secondary N) is 2. The van der Waals surface area contributed by atoms with Gasteiger partial charge in [-0.05, 0) is 49.8 Å². The van der Waals surface area contributed by atoms with E-state index in [-0.39, 0.29) is 29.9 Å². The van der Waals surface area contributed by atoms with Gasteiger partial charge in [0.15, 0.2) is 0 Å². The van der Waals surface area contributed by atoms with Crippen molar-refractivity contribution >= 4 is 5.91 Å². The van der Waals surface area contributed by atoms with Crippen LogP contribution < -0.4 is 10.6 Å². The Bertz CT molecular complexity index is 483. The number of carbonyl (C=O) groups excluding carboxylic acids is 1. The Labute approximate surface area is 125 Å². The quantitative estimate of drug-likeness (QED) is 0.760. The van der Waals surface area contributed by atoms with Crippen molar-refractivity contribution in [3.8, 4) is 0 Å². The minimum Gasteiger partial charge on any atom is -0.394 e. The van der Waals surface area contributed by atoms with Crippen molar-refractivity contribution in [1.82, 2.24) is 10.6 Å². The molecule has 2 atom stereocenters. The molecule has 2 aliphatic rings. The summed E-state index contributed by atoms with van der Waals surface area (Å²) in [6, 6.07) is 9.81. The lowest BCUT2D eigenvalue weighted by atomic mass is 9.91. The summed E-state index contributed by atoms with van der Waals surface area (Å²) in [5, 5.41) is 15.9. The number of aliphatic hydroxyl groups excluding tert-OH is 1. The first-order chi connectivity index (χ1) is 10.2. The average molecular weight is 288 g/mol. The van der Waals surface area contributed by atoms with Crippen LogP contribution in [-0.2, 0) is 11.2 Å². The number of carbonyl (C=O) groups is 1. The molecule has 21 heavy (non-hydrogen) atoms. The molecular weight excluding hydrogens is 264 g/mol. The van der Waals surface area contributed by atoms with Gasteiger partial charge in [0.05, 0.1) is 12.6 Å². The molecule has 1 heterocycles. The molecule has 0 bridgehead atoms. The molecule has 4 heteroatoms. The van der Waals surface area contributed by atoms with E-state index in [4.69, 9.17) is 0 Å². The van der Waals surface area contributed by atoms with E-state index in [1.807, 2.05) is 30.3 Å². The van der Waals surface area contributed by atoms with Crippen LogP contribution in [0.1, 0.15) is 24.8 Å². The standard InChI is InChI=1S/C17H24N2O2/c20-12-14(10-13-4-2-1-3-5-13)19-16(21)15-11-17(15)6-8-18-9-7-17/h1-5,14-15,18,20H,6-12H2,(H,19,21)/t14-,15?/m1/s1. The van der Waals surface area contributed by atoms with Crippen molar-refractivity contribution in [2.45, 2.75) is 31.7 Å². The van der Waals surface area contributed by atoms with Crippen molar-refractivity contribution < 1.29 is 9.90 Å². The second-order valence-corrected chi connectivity index (χ2v) is 6.45. The molecule has 0 aromatic heterocycles. The molecule has 1 saturated carbocycles. The predicted octanol–water partition coefficient (Wildman–Crippen LogP) is 1.10. The number of benzene rings is 1. The van der Waals surface area contributed by atoms with E-state index in [2.05, 4.69) is 10.6 Å². The number of rotatable bonds is 5. The lowest BCUT2D eigenvalue weighted by Crippen LogP contribution is -2.41. The summed E-state index contributed by atoms with van der Waals surface area (Å²) >= 11 is 0. The molecule has 1 aliphatic carbocycles. The van der Waals surface area contributed by atoms with Gasteiger partial charge in [0.1, 0.15) is 0 Å². The summed E-state index contributed by atoms with van der Waals surface area (Å²) in [5.74, 6) is 0.288. The number of hydrogen-bond donors (Lipinski definition) is 3. The molecule has 4 nitrogen and oxygen atoms in total. The number of aliphatic hydroxyl groups is 1. The van der Waals surface area contributed by atoms with Gasteiger partial charge in [-0.3, -0.25) is 4.79 Å². The molecule has 2 fully saturated rings. The Hall–Kier alpha value is -1.39. The molecule has 1 aromatic carbocycles. The first kappa shape index (κ1) is 14.5.